The van der Waals surface area contributed by atoms with Crippen LogP contribution in [0.4, 0.5) is 0 Å². The minimum atomic E-state index is -0.847. The van der Waals surface area contributed by atoms with Crippen molar-refractivity contribution in [1.29, 1.82) is 0 Å². The van der Waals surface area contributed by atoms with Gasteiger partial charge in [-0.25, -0.2) is 4.98 Å². The molecule has 2 heterocycles. The van der Waals surface area contributed by atoms with Crippen molar-refractivity contribution in [1.82, 2.24) is 14.8 Å². The first-order valence-corrected chi connectivity index (χ1v) is 7.22. The number of para-hydroxylation sites is 1. The van der Waals surface area contributed by atoms with Gasteiger partial charge in [-0.2, -0.15) is 5.10 Å². The van der Waals surface area contributed by atoms with E-state index >= 15 is 0 Å². The van der Waals surface area contributed by atoms with E-state index in [0.29, 0.717) is 17.1 Å². The van der Waals surface area contributed by atoms with E-state index in [4.69, 9.17) is 16.7 Å². The molecule has 0 unspecified atom stereocenters. The Morgan fingerprint density at radius 1 is 1.35 bits per heavy atom. The molecule has 2 aromatic heterocycles. The molecule has 0 aliphatic carbocycles. The number of aliphatic carboxylic acids is 1. The summed E-state index contributed by atoms with van der Waals surface area (Å²) in [5.74, 6) is -0.847. The largest absolute Gasteiger partial charge is 0.481 e. The number of benzene rings is 1. The number of fused-ring (bicyclic) bond motifs is 1. The Bertz CT molecular complexity index is 862. The highest BCUT2D eigenvalue weighted by molar-refractivity contribution is 6.34. The molecule has 0 amide bonds. The highest BCUT2D eigenvalue weighted by Crippen LogP contribution is 2.34. The molecule has 1 aromatic carbocycles. The number of carbonyl (C=O) groups is 1. The molecule has 1 N–H and O–H groups in total. The zero-order chi connectivity index (χ0) is 15.7. The van der Waals surface area contributed by atoms with E-state index in [-0.39, 0.29) is 18.8 Å². The van der Waals surface area contributed by atoms with Crippen LogP contribution < -0.4 is 0 Å². The molecular formula is C16H15Cl2N3O2. The molecular weight excluding hydrogens is 337 g/mol. The van der Waals surface area contributed by atoms with E-state index < -0.39 is 5.97 Å². The number of halogens is 2. The highest BCUT2D eigenvalue weighted by atomic mass is 35.5. The number of hydrogen-bond donors (Lipinski definition) is 1. The maximum Gasteiger partial charge on any atom is 0.303 e. The zero-order valence-electron chi connectivity index (χ0n) is 12.4. The summed E-state index contributed by atoms with van der Waals surface area (Å²) in [7, 11) is 1.82. The average Bonchev–Trinajstić information content (AvgIpc) is 2.92. The van der Waals surface area contributed by atoms with Crippen molar-refractivity contribution in [3.8, 4) is 11.3 Å². The van der Waals surface area contributed by atoms with Gasteiger partial charge in [-0.15, -0.1) is 12.4 Å². The van der Waals surface area contributed by atoms with Crippen molar-refractivity contribution >= 4 is 40.9 Å². The summed E-state index contributed by atoms with van der Waals surface area (Å²) in [4.78, 5) is 15.5. The Morgan fingerprint density at radius 2 is 2.09 bits per heavy atom. The number of hydrogen-bond acceptors (Lipinski definition) is 3. The number of pyridine rings is 1. The molecule has 0 spiro atoms. The van der Waals surface area contributed by atoms with Crippen molar-refractivity contribution in [3.63, 3.8) is 0 Å². The van der Waals surface area contributed by atoms with Crippen molar-refractivity contribution in [2.45, 2.75) is 12.8 Å². The minimum absolute atomic E-state index is 0. The van der Waals surface area contributed by atoms with E-state index in [0.717, 1.165) is 22.0 Å². The standard InChI is InChI=1S/C16H14ClN3O2.ClH/c1-20-9-10(8-18-20)16-15(17)12(6-7-14(21)22)11-4-2-3-5-13(11)19-16;/h2-5,8-9H,6-7H2,1H3,(H,21,22);1H. The van der Waals surface area contributed by atoms with Crippen LogP contribution in [0.25, 0.3) is 22.2 Å². The number of nitrogens with zero attached hydrogens (tertiary/aromatic N) is 3. The second-order valence-electron chi connectivity index (χ2n) is 5.07. The Balaban J connectivity index is 0.00000192. The molecule has 0 aliphatic heterocycles. The summed E-state index contributed by atoms with van der Waals surface area (Å²) in [5.41, 5.74) is 3.06. The van der Waals surface area contributed by atoms with Crippen molar-refractivity contribution < 1.29 is 9.90 Å². The normalized spacial score (nSPS) is 10.5. The lowest BCUT2D eigenvalue weighted by Crippen LogP contribution is -2.01. The molecule has 0 atom stereocenters. The molecule has 0 saturated heterocycles. The zero-order valence-corrected chi connectivity index (χ0v) is 13.9. The molecule has 3 aromatic rings. The van der Waals surface area contributed by atoms with Gasteiger partial charge >= 0.3 is 5.97 Å². The van der Waals surface area contributed by atoms with E-state index in [1.807, 2.05) is 37.5 Å². The fraction of sp³-hybridized carbons (Fsp3) is 0.188. The highest BCUT2D eigenvalue weighted by Gasteiger charge is 2.16. The Morgan fingerprint density at radius 3 is 2.74 bits per heavy atom. The maximum atomic E-state index is 10.9. The predicted octanol–water partition coefficient (Wildman–Crippen LogP) is 3.73. The van der Waals surface area contributed by atoms with Crippen LogP contribution in [0.15, 0.2) is 36.7 Å². The SMILES string of the molecule is Cl.Cn1cc(-c2nc3ccccc3c(CCC(=O)O)c2Cl)cn1. The van der Waals surface area contributed by atoms with Gasteiger partial charge in [0, 0.05) is 30.6 Å². The van der Waals surface area contributed by atoms with Crippen LogP contribution >= 0.6 is 24.0 Å². The summed E-state index contributed by atoms with van der Waals surface area (Å²) < 4.78 is 1.68. The molecule has 0 saturated carbocycles. The van der Waals surface area contributed by atoms with E-state index in [9.17, 15) is 4.79 Å². The lowest BCUT2D eigenvalue weighted by Gasteiger charge is -2.11. The monoisotopic (exact) mass is 351 g/mol. The van der Waals surface area contributed by atoms with Crippen LogP contribution in [0.1, 0.15) is 12.0 Å². The smallest absolute Gasteiger partial charge is 0.303 e. The van der Waals surface area contributed by atoms with Crippen LogP contribution in [0.2, 0.25) is 5.02 Å². The molecule has 5 nitrogen and oxygen atoms in total. The summed E-state index contributed by atoms with van der Waals surface area (Å²) in [6, 6.07) is 7.61. The number of aryl methyl sites for hydroxylation is 2. The van der Waals surface area contributed by atoms with Crippen LogP contribution in [0, 0.1) is 0 Å². The molecule has 0 radical (unpaired) electrons. The molecule has 120 valence electrons. The maximum absolute atomic E-state index is 10.9. The van der Waals surface area contributed by atoms with E-state index in [1.54, 1.807) is 10.9 Å². The summed E-state index contributed by atoms with van der Waals surface area (Å²) in [5, 5.41) is 14.5. The number of aromatic nitrogens is 3. The van der Waals surface area contributed by atoms with E-state index in [2.05, 4.69) is 10.1 Å². The fourth-order valence-electron chi connectivity index (χ4n) is 2.47. The summed E-state index contributed by atoms with van der Waals surface area (Å²) in [6.07, 6.45) is 3.93. The first kappa shape index (κ1) is 17.2. The van der Waals surface area contributed by atoms with Gasteiger partial charge in [0.05, 0.1) is 22.4 Å². The third-order valence-corrected chi connectivity index (χ3v) is 3.91. The van der Waals surface area contributed by atoms with Crippen molar-refractivity contribution in [2.75, 3.05) is 0 Å². The molecule has 0 aliphatic rings. The third kappa shape index (κ3) is 3.46. The van der Waals surface area contributed by atoms with Crippen molar-refractivity contribution in [2.24, 2.45) is 7.05 Å². The summed E-state index contributed by atoms with van der Waals surface area (Å²) in [6.45, 7) is 0. The van der Waals surface area contributed by atoms with Gasteiger partial charge in [-0.1, -0.05) is 29.8 Å². The lowest BCUT2D eigenvalue weighted by atomic mass is 10.0. The Hall–Kier alpha value is -2.11. The number of rotatable bonds is 4. The minimum Gasteiger partial charge on any atom is -0.481 e. The molecule has 0 bridgehead atoms. The molecule has 3 rings (SSSR count). The number of carboxylic acids is 1. The second-order valence-corrected chi connectivity index (χ2v) is 5.44. The topological polar surface area (TPSA) is 68.0 Å². The van der Waals surface area contributed by atoms with Crippen LogP contribution in [0.5, 0.6) is 0 Å². The van der Waals surface area contributed by atoms with Crippen LogP contribution in [0.3, 0.4) is 0 Å². The van der Waals surface area contributed by atoms with Crippen molar-refractivity contribution in [3.05, 3.63) is 47.2 Å². The Labute approximate surface area is 144 Å². The van der Waals surface area contributed by atoms with Gasteiger partial charge in [0.25, 0.3) is 0 Å². The molecule has 7 heteroatoms. The average molecular weight is 352 g/mol. The van der Waals surface area contributed by atoms with Gasteiger partial charge in [0.15, 0.2) is 0 Å². The summed E-state index contributed by atoms with van der Waals surface area (Å²) >= 11 is 6.52. The van der Waals surface area contributed by atoms with E-state index in [1.165, 1.54) is 0 Å². The lowest BCUT2D eigenvalue weighted by molar-refractivity contribution is -0.136. The third-order valence-electron chi connectivity index (χ3n) is 3.50. The second kappa shape index (κ2) is 6.98. The van der Waals surface area contributed by atoms with Gasteiger partial charge < -0.3 is 5.11 Å². The van der Waals surface area contributed by atoms with Crippen LogP contribution in [-0.2, 0) is 18.3 Å². The van der Waals surface area contributed by atoms with Gasteiger partial charge in [0.1, 0.15) is 0 Å². The molecule has 0 fully saturated rings. The quantitative estimate of drug-likeness (QED) is 0.777. The number of carboxylic acid groups (broad SMARTS) is 1. The van der Waals surface area contributed by atoms with Gasteiger partial charge in [0.2, 0.25) is 0 Å². The first-order valence-electron chi connectivity index (χ1n) is 6.84. The van der Waals surface area contributed by atoms with Gasteiger partial charge in [-0.3, -0.25) is 9.48 Å². The Kier molecular flexibility index (Phi) is 5.23. The first-order chi connectivity index (χ1) is 10.6. The molecule has 23 heavy (non-hydrogen) atoms. The van der Waals surface area contributed by atoms with Crippen LogP contribution in [-0.4, -0.2) is 25.8 Å². The fourth-order valence-corrected chi connectivity index (χ4v) is 2.82. The predicted molar refractivity (Wildman–Crippen MR) is 92.2 cm³/mol. The van der Waals surface area contributed by atoms with Gasteiger partial charge in [-0.05, 0) is 18.1 Å².